The number of ether oxygens (including phenoxy) is 1. The quantitative estimate of drug-likeness (QED) is 0.825. The number of hydrogen-bond acceptors (Lipinski definition) is 3. The lowest BCUT2D eigenvalue weighted by Gasteiger charge is -2.31. The maximum atomic E-state index is 12.6. The average molecular weight is 337 g/mol. The normalized spacial score (nSPS) is 16.2. The van der Waals surface area contributed by atoms with Crippen molar-refractivity contribution in [3.63, 3.8) is 0 Å². The van der Waals surface area contributed by atoms with E-state index in [0.717, 1.165) is 23.7 Å². The summed E-state index contributed by atoms with van der Waals surface area (Å²) in [5.41, 5.74) is 1.52. The van der Waals surface area contributed by atoms with Crippen LogP contribution in [0.5, 0.6) is 0 Å². The summed E-state index contributed by atoms with van der Waals surface area (Å²) in [6.45, 7) is 2.12. The Morgan fingerprint density at radius 1 is 1.35 bits per heavy atom. The van der Waals surface area contributed by atoms with Gasteiger partial charge in [-0.2, -0.15) is 0 Å². The van der Waals surface area contributed by atoms with E-state index in [2.05, 4.69) is 4.98 Å². The zero-order valence-corrected chi connectivity index (χ0v) is 13.7. The summed E-state index contributed by atoms with van der Waals surface area (Å²) in [6.07, 6.45) is 2.52. The van der Waals surface area contributed by atoms with E-state index in [1.807, 2.05) is 29.2 Å². The van der Waals surface area contributed by atoms with Crippen LogP contribution in [0.4, 0.5) is 0 Å². The highest BCUT2D eigenvalue weighted by Crippen LogP contribution is 2.22. The molecule has 6 heteroatoms. The fraction of sp³-hybridized carbons (Fsp3) is 0.471. The van der Waals surface area contributed by atoms with E-state index in [1.54, 1.807) is 0 Å². The van der Waals surface area contributed by atoms with Crippen LogP contribution in [0.2, 0.25) is 5.02 Å². The number of aromatic amines is 1. The number of rotatable bonds is 5. The molecule has 1 fully saturated rings. The molecule has 0 spiro atoms. The smallest absolute Gasteiger partial charge is 0.270 e. The maximum absolute atomic E-state index is 12.6. The van der Waals surface area contributed by atoms with Gasteiger partial charge in [0, 0.05) is 42.2 Å². The predicted molar refractivity (Wildman–Crippen MR) is 89.9 cm³/mol. The zero-order chi connectivity index (χ0) is 16.2. The number of nitrogens with one attached hydrogen (secondary N) is 1. The summed E-state index contributed by atoms with van der Waals surface area (Å²) in [5, 5.41) is 10.4. The zero-order valence-electron chi connectivity index (χ0n) is 12.9. The van der Waals surface area contributed by atoms with Crippen LogP contribution in [0.25, 0.3) is 10.9 Å². The molecule has 23 heavy (non-hydrogen) atoms. The van der Waals surface area contributed by atoms with Gasteiger partial charge in [-0.05, 0) is 43.5 Å². The molecule has 1 saturated heterocycles. The molecule has 1 aromatic heterocycles. The first-order valence-electron chi connectivity index (χ1n) is 7.97. The number of nitrogens with zero attached hydrogens (tertiary/aromatic N) is 1. The topological polar surface area (TPSA) is 65.6 Å². The van der Waals surface area contributed by atoms with Crippen molar-refractivity contribution in [3.8, 4) is 0 Å². The summed E-state index contributed by atoms with van der Waals surface area (Å²) < 4.78 is 5.70. The molecule has 1 aliphatic heterocycles. The third kappa shape index (κ3) is 3.86. The number of carbonyl (C=O) groups is 1. The van der Waals surface area contributed by atoms with Gasteiger partial charge in [0.25, 0.3) is 5.91 Å². The number of aliphatic hydroxyl groups excluding tert-OH is 1. The average Bonchev–Trinajstić information content (AvgIpc) is 2.98. The number of piperidine rings is 1. The van der Waals surface area contributed by atoms with Crippen molar-refractivity contribution in [1.82, 2.24) is 9.88 Å². The van der Waals surface area contributed by atoms with Gasteiger partial charge in [-0.15, -0.1) is 0 Å². The largest absolute Gasteiger partial charge is 0.396 e. The minimum absolute atomic E-state index is 0.0196. The third-order valence-electron chi connectivity index (χ3n) is 4.20. The monoisotopic (exact) mass is 336 g/mol. The minimum Gasteiger partial charge on any atom is -0.396 e. The summed E-state index contributed by atoms with van der Waals surface area (Å²) in [7, 11) is 0. The molecule has 2 N–H and O–H groups in total. The van der Waals surface area contributed by atoms with E-state index in [-0.39, 0.29) is 18.6 Å². The first-order valence-corrected chi connectivity index (χ1v) is 8.35. The van der Waals surface area contributed by atoms with Gasteiger partial charge in [0.05, 0.1) is 6.10 Å². The lowest BCUT2D eigenvalue weighted by Crippen LogP contribution is -2.41. The molecule has 124 valence electrons. The number of H-pyrrole nitrogens is 1. The highest BCUT2D eigenvalue weighted by Gasteiger charge is 2.24. The van der Waals surface area contributed by atoms with Crippen LogP contribution in [-0.4, -0.2) is 53.3 Å². The Morgan fingerprint density at radius 2 is 2.13 bits per heavy atom. The van der Waals surface area contributed by atoms with Crippen molar-refractivity contribution < 1.29 is 14.6 Å². The SMILES string of the molecule is O=C(c1cc2cc(Cl)ccc2[nH]1)N1CCC(OCCCO)CC1. The lowest BCUT2D eigenvalue weighted by atomic mass is 10.1. The van der Waals surface area contributed by atoms with E-state index >= 15 is 0 Å². The van der Waals surface area contributed by atoms with Gasteiger partial charge >= 0.3 is 0 Å². The van der Waals surface area contributed by atoms with Crippen LogP contribution in [-0.2, 0) is 4.74 Å². The van der Waals surface area contributed by atoms with Crippen LogP contribution in [0.3, 0.4) is 0 Å². The summed E-state index contributed by atoms with van der Waals surface area (Å²) in [5.74, 6) is 0.0196. The number of benzene rings is 1. The van der Waals surface area contributed by atoms with E-state index in [4.69, 9.17) is 21.4 Å². The van der Waals surface area contributed by atoms with Gasteiger partial charge in [0.1, 0.15) is 5.69 Å². The minimum atomic E-state index is 0.0196. The molecule has 0 aliphatic carbocycles. The Hall–Kier alpha value is -1.56. The van der Waals surface area contributed by atoms with Crippen LogP contribution >= 0.6 is 11.6 Å². The van der Waals surface area contributed by atoms with Crippen molar-refractivity contribution >= 4 is 28.4 Å². The Morgan fingerprint density at radius 3 is 2.87 bits per heavy atom. The van der Waals surface area contributed by atoms with E-state index in [9.17, 15) is 4.79 Å². The number of aliphatic hydroxyl groups is 1. The second-order valence-corrected chi connectivity index (χ2v) is 6.29. The number of likely N-dealkylation sites (tertiary alicyclic amines) is 1. The van der Waals surface area contributed by atoms with Crippen LogP contribution in [0, 0.1) is 0 Å². The van der Waals surface area contributed by atoms with Gasteiger partial charge in [-0.25, -0.2) is 0 Å². The lowest BCUT2D eigenvalue weighted by molar-refractivity contribution is 0.00386. The molecule has 1 amide bonds. The van der Waals surface area contributed by atoms with Crippen molar-refractivity contribution in [3.05, 3.63) is 35.0 Å². The van der Waals surface area contributed by atoms with Gasteiger partial charge in [0.2, 0.25) is 0 Å². The molecule has 1 aliphatic rings. The second-order valence-electron chi connectivity index (χ2n) is 5.85. The van der Waals surface area contributed by atoms with Crippen molar-refractivity contribution in [1.29, 1.82) is 0 Å². The molecule has 0 atom stereocenters. The Bertz CT molecular complexity index is 678. The second kappa shape index (κ2) is 7.34. The van der Waals surface area contributed by atoms with Crippen molar-refractivity contribution in [2.24, 2.45) is 0 Å². The van der Waals surface area contributed by atoms with Crippen molar-refractivity contribution in [2.75, 3.05) is 26.3 Å². The fourth-order valence-corrected chi connectivity index (χ4v) is 3.11. The van der Waals surface area contributed by atoms with Gasteiger partial charge in [-0.1, -0.05) is 11.6 Å². The molecular formula is C17H21ClN2O3. The summed E-state index contributed by atoms with van der Waals surface area (Å²) >= 11 is 5.99. The molecule has 0 saturated carbocycles. The number of fused-ring (bicyclic) bond motifs is 1. The van der Waals surface area contributed by atoms with E-state index in [0.29, 0.717) is 36.8 Å². The van der Waals surface area contributed by atoms with Crippen LogP contribution in [0.1, 0.15) is 29.8 Å². The molecule has 2 heterocycles. The number of hydrogen-bond donors (Lipinski definition) is 2. The van der Waals surface area contributed by atoms with E-state index in [1.165, 1.54) is 0 Å². The first-order chi connectivity index (χ1) is 11.2. The predicted octanol–water partition coefficient (Wildman–Crippen LogP) is 2.82. The van der Waals surface area contributed by atoms with Crippen LogP contribution < -0.4 is 0 Å². The van der Waals surface area contributed by atoms with Crippen molar-refractivity contribution in [2.45, 2.75) is 25.4 Å². The highest BCUT2D eigenvalue weighted by molar-refractivity contribution is 6.31. The van der Waals surface area contributed by atoms with Gasteiger partial charge in [0.15, 0.2) is 0 Å². The third-order valence-corrected chi connectivity index (χ3v) is 4.43. The molecule has 3 rings (SSSR count). The molecule has 5 nitrogen and oxygen atoms in total. The molecule has 0 radical (unpaired) electrons. The standard InChI is InChI=1S/C17H21ClN2O3/c18-13-2-3-15-12(10-13)11-16(19-15)17(22)20-6-4-14(5-7-20)23-9-1-8-21/h2-3,10-11,14,19,21H,1,4-9H2. The summed E-state index contributed by atoms with van der Waals surface area (Å²) in [6, 6.07) is 7.40. The Kier molecular flexibility index (Phi) is 5.20. The first kappa shape index (κ1) is 16.3. The molecule has 2 aromatic rings. The highest BCUT2D eigenvalue weighted by atomic mass is 35.5. The number of halogens is 1. The van der Waals surface area contributed by atoms with E-state index < -0.39 is 0 Å². The molecule has 0 bridgehead atoms. The van der Waals surface area contributed by atoms with Gasteiger partial charge < -0.3 is 19.7 Å². The number of aromatic nitrogens is 1. The Balaban J connectivity index is 1.60. The maximum Gasteiger partial charge on any atom is 0.270 e. The molecule has 1 aromatic carbocycles. The molecule has 0 unspecified atom stereocenters. The van der Waals surface area contributed by atoms with Crippen LogP contribution in [0.15, 0.2) is 24.3 Å². The molecular weight excluding hydrogens is 316 g/mol. The Labute approximate surface area is 140 Å². The number of amides is 1. The number of carbonyl (C=O) groups excluding carboxylic acids is 1. The fourth-order valence-electron chi connectivity index (χ4n) is 2.93. The van der Waals surface area contributed by atoms with Gasteiger partial charge in [-0.3, -0.25) is 4.79 Å². The summed E-state index contributed by atoms with van der Waals surface area (Å²) in [4.78, 5) is 17.6.